The number of rotatable bonds is 3. The third kappa shape index (κ3) is 3.39. The molecular formula is C13H13Cl2NO3. The molecule has 102 valence electrons. The fourth-order valence-electron chi connectivity index (χ4n) is 2.24. The van der Waals surface area contributed by atoms with Gasteiger partial charge in [0.15, 0.2) is 0 Å². The van der Waals surface area contributed by atoms with Crippen LogP contribution in [0.3, 0.4) is 0 Å². The quantitative estimate of drug-likeness (QED) is 0.902. The van der Waals surface area contributed by atoms with Crippen LogP contribution in [0.2, 0.25) is 10.0 Å². The number of amides is 1. The van der Waals surface area contributed by atoms with Crippen molar-refractivity contribution in [3.8, 4) is 0 Å². The highest BCUT2D eigenvalue weighted by Gasteiger charge is 2.30. The summed E-state index contributed by atoms with van der Waals surface area (Å²) < 4.78 is 0. The van der Waals surface area contributed by atoms with E-state index in [0.29, 0.717) is 34.9 Å². The SMILES string of the molecule is O=C(NC1CCC(C(=O)O)C1)c1ccc(Cl)c(Cl)c1. The zero-order chi connectivity index (χ0) is 14.0. The van der Waals surface area contributed by atoms with Crippen molar-refractivity contribution in [3.05, 3.63) is 33.8 Å². The number of carbonyl (C=O) groups is 2. The first-order valence-electron chi connectivity index (χ1n) is 5.96. The highest BCUT2D eigenvalue weighted by atomic mass is 35.5. The van der Waals surface area contributed by atoms with Gasteiger partial charge in [-0.15, -0.1) is 0 Å². The van der Waals surface area contributed by atoms with Crippen LogP contribution in [0.4, 0.5) is 0 Å². The van der Waals surface area contributed by atoms with E-state index in [1.807, 2.05) is 0 Å². The normalized spacial score (nSPS) is 22.2. The molecule has 1 saturated carbocycles. The van der Waals surface area contributed by atoms with Crippen LogP contribution in [0, 0.1) is 5.92 Å². The first kappa shape index (κ1) is 14.2. The van der Waals surface area contributed by atoms with Crippen molar-refractivity contribution < 1.29 is 14.7 Å². The van der Waals surface area contributed by atoms with Crippen molar-refractivity contribution in [2.75, 3.05) is 0 Å². The number of carboxylic acids is 1. The number of carbonyl (C=O) groups excluding carboxylic acids is 1. The largest absolute Gasteiger partial charge is 0.481 e. The summed E-state index contributed by atoms with van der Waals surface area (Å²) in [5.41, 5.74) is 0.424. The molecule has 1 amide bonds. The van der Waals surface area contributed by atoms with Crippen molar-refractivity contribution in [2.45, 2.75) is 25.3 Å². The Balaban J connectivity index is 1.98. The lowest BCUT2D eigenvalue weighted by atomic mass is 10.1. The number of aliphatic carboxylic acids is 1. The highest BCUT2D eigenvalue weighted by molar-refractivity contribution is 6.42. The van der Waals surface area contributed by atoms with Gasteiger partial charge in [-0.05, 0) is 37.5 Å². The molecule has 1 fully saturated rings. The Kier molecular flexibility index (Phi) is 4.32. The first-order chi connectivity index (χ1) is 8.97. The van der Waals surface area contributed by atoms with Crippen LogP contribution >= 0.6 is 23.2 Å². The van der Waals surface area contributed by atoms with Gasteiger partial charge >= 0.3 is 5.97 Å². The molecule has 2 unspecified atom stereocenters. The lowest BCUT2D eigenvalue weighted by Crippen LogP contribution is -2.33. The Labute approximate surface area is 120 Å². The average Bonchev–Trinajstić information content (AvgIpc) is 2.81. The van der Waals surface area contributed by atoms with Crippen LogP contribution in [-0.4, -0.2) is 23.0 Å². The van der Waals surface area contributed by atoms with Gasteiger partial charge in [-0.3, -0.25) is 9.59 Å². The lowest BCUT2D eigenvalue weighted by Gasteiger charge is -2.12. The number of hydrogen-bond donors (Lipinski definition) is 2. The molecule has 6 heteroatoms. The summed E-state index contributed by atoms with van der Waals surface area (Å²) in [5, 5.41) is 12.4. The predicted molar refractivity (Wildman–Crippen MR) is 72.7 cm³/mol. The number of hydrogen-bond acceptors (Lipinski definition) is 2. The standard InChI is InChI=1S/C13H13Cl2NO3/c14-10-4-2-7(6-11(10)15)12(17)16-9-3-1-8(5-9)13(18)19/h2,4,6,8-9H,1,3,5H2,(H,16,17)(H,18,19). The zero-order valence-electron chi connectivity index (χ0n) is 10.0. The molecular weight excluding hydrogens is 289 g/mol. The van der Waals surface area contributed by atoms with Crippen molar-refractivity contribution in [2.24, 2.45) is 5.92 Å². The molecule has 4 nitrogen and oxygen atoms in total. The molecule has 0 aromatic heterocycles. The van der Waals surface area contributed by atoms with Gasteiger partial charge in [-0.1, -0.05) is 23.2 Å². The molecule has 2 rings (SSSR count). The van der Waals surface area contributed by atoms with Crippen LogP contribution in [0.15, 0.2) is 18.2 Å². The number of carboxylic acid groups (broad SMARTS) is 1. The van der Waals surface area contributed by atoms with Crippen LogP contribution in [-0.2, 0) is 4.79 Å². The van der Waals surface area contributed by atoms with E-state index in [4.69, 9.17) is 28.3 Å². The van der Waals surface area contributed by atoms with Crippen molar-refractivity contribution in [1.82, 2.24) is 5.32 Å². The fraction of sp³-hybridized carbons (Fsp3) is 0.385. The zero-order valence-corrected chi connectivity index (χ0v) is 11.5. The van der Waals surface area contributed by atoms with Gasteiger partial charge in [-0.25, -0.2) is 0 Å². The molecule has 1 aliphatic carbocycles. The average molecular weight is 302 g/mol. The summed E-state index contributed by atoms with van der Waals surface area (Å²) in [7, 11) is 0. The number of benzene rings is 1. The lowest BCUT2D eigenvalue weighted by molar-refractivity contribution is -0.141. The minimum Gasteiger partial charge on any atom is -0.481 e. The molecule has 19 heavy (non-hydrogen) atoms. The van der Waals surface area contributed by atoms with Crippen LogP contribution in [0.1, 0.15) is 29.6 Å². The summed E-state index contributed by atoms with van der Waals surface area (Å²) in [6.07, 6.45) is 1.76. The van der Waals surface area contributed by atoms with E-state index < -0.39 is 5.97 Å². The highest BCUT2D eigenvalue weighted by Crippen LogP contribution is 2.26. The molecule has 2 N–H and O–H groups in total. The Hall–Kier alpha value is -1.26. The topological polar surface area (TPSA) is 66.4 Å². The Morgan fingerprint density at radius 2 is 1.95 bits per heavy atom. The van der Waals surface area contributed by atoms with E-state index in [0.717, 1.165) is 0 Å². The minimum absolute atomic E-state index is 0.0944. The van der Waals surface area contributed by atoms with Gasteiger partial charge in [0, 0.05) is 11.6 Å². The van der Waals surface area contributed by atoms with Gasteiger partial charge in [-0.2, -0.15) is 0 Å². The Bertz CT molecular complexity index is 519. The molecule has 1 aliphatic rings. The monoisotopic (exact) mass is 301 g/mol. The van der Waals surface area contributed by atoms with E-state index in [1.54, 1.807) is 12.1 Å². The molecule has 2 atom stereocenters. The van der Waals surface area contributed by atoms with Crippen LogP contribution in [0.5, 0.6) is 0 Å². The van der Waals surface area contributed by atoms with E-state index in [2.05, 4.69) is 5.32 Å². The van der Waals surface area contributed by atoms with Gasteiger partial charge in [0.2, 0.25) is 0 Å². The van der Waals surface area contributed by atoms with Gasteiger partial charge in [0.25, 0.3) is 5.91 Å². The minimum atomic E-state index is -0.800. The second-order valence-corrected chi connectivity index (χ2v) is 5.46. The number of nitrogens with one attached hydrogen (secondary N) is 1. The summed E-state index contributed by atoms with van der Waals surface area (Å²) >= 11 is 11.6. The molecule has 0 spiro atoms. The molecule has 0 bridgehead atoms. The third-order valence-corrected chi connectivity index (χ3v) is 4.04. The second kappa shape index (κ2) is 5.80. The summed E-state index contributed by atoms with van der Waals surface area (Å²) in [4.78, 5) is 22.8. The van der Waals surface area contributed by atoms with Gasteiger partial charge in [0.05, 0.1) is 16.0 Å². The third-order valence-electron chi connectivity index (χ3n) is 3.30. The molecule has 1 aromatic carbocycles. The summed E-state index contributed by atoms with van der Waals surface area (Å²) in [5.74, 6) is -1.42. The predicted octanol–water partition coefficient (Wildman–Crippen LogP) is 2.98. The Morgan fingerprint density at radius 3 is 2.53 bits per heavy atom. The molecule has 0 aliphatic heterocycles. The van der Waals surface area contributed by atoms with Crippen molar-refractivity contribution in [1.29, 1.82) is 0 Å². The second-order valence-electron chi connectivity index (χ2n) is 4.65. The molecule has 0 radical (unpaired) electrons. The Morgan fingerprint density at radius 1 is 1.21 bits per heavy atom. The van der Waals surface area contributed by atoms with Crippen LogP contribution < -0.4 is 5.32 Å². The van der Waals surface area contributed by atoms with Gasteiger partial charge < -0.3 is 10.4 Å². The molecule has 0 saturated heterocycles. The maximum atomic E-state index is 12.0. The summed E-state index contributed by atoms with van der Waals surface area (Å²) in [6.45, 7) is 0. The first-order valence-corrected chi connectivity index (χ1v) is 6.71. The van der Waals surface area contributed by atoms with E-state index in [-0.39, 0.29) is 17.9 Å². The maximum Gasteiger partial charge on any atom is 0.306 e. The molecule has 0 heterocycles. The molecule has 1 aromatic rings. The fourth-order valence-corrected chi connectivity index (χ4v) is 2.54. The summed E-state index contributed by atoms with van der Waals surface area (Å²) in [6, 6.07) is 4.56. The van der Waals surface area contributed by atoms with E-state index in [1.165, 1.54) is 6.07 Å². The van der Waals surface area contributed by atoms with E-state index in [9.17, 15) is 9.59 Å². The van der Waals surface area contributed by atoms with Gasteiger partial charge in [0.1, 0.15) is 0 Å². The smallest absolute Gasteiger partial charge is 0.306 e. The van der Waals surface area contributed by atoms with Crippen LogP contribution in [0.25, 0.3) is 0 Å². The van der Waals surface area contributed by atoms with Crippen molar-refractivity contribution in [3.63, 3.8) is 0 Å². The van der Waals surface area contributed by atoms with E-state index >= 15 is 0 Å². The number of halogens is 2. The van der Waals surface area contributed by atoms with Crippen molar-refractivity contribution >= 4 is 35.1 Å². The maximum absolute atomic E-state index is 12.0.